The first-order chi connectivity index (χ1) is 18.7. The van der Waals surface area contributed by atoms with Crippen molar-refractivity contribution in [2.24, 2.45) is 5.10 Å². The lowest BCUT2D eigenvalue weighted by atomic mass is 10.1. The number of hydrazone groups is 1. The number of esters is 1. The van der Waals surface area contributed by atoms with Gasteiger partial charge in [0.2, 0.25) is 0 Å². The molecule has 9 nitrogen and oxygen atoms in total. The van der Waals surface area contributed by atoms with Crippen LogP contribution >= 0.6 is 38.9 Å². The van der Waals surface area contributed by atoms with Gasteiger partial charge in [0, 0.05) is 10.4 Å². The van der Waals surface area contributed by atoms with E-state index in [0.29, 0.717) is 28.0 Å². The van der Waals surface area contributed by atoms with Gasteiger partial charge in [-0.2, -0.15) is 5.10 Å². The Kier molecular flexibility index (Phi) is 9.20. The zero-order valence-corrected chi connectivity index (χ0v) is 23.9. The van der Waals surface area contributed by atoms with Crippen LogP contribution in [0.5, 0.6) is 11.5 Å². The predicted molar refractivity (Wildman–Crippen MR) is 148 cm³/mol. The molecule has 1 aromatic heterocycles. The van der Waals surface area contributed by atoms with Crippen LogP contribution in [0.15, 0.2) is 39.9 Å². The molecule has 0 radical (unpaired) electrons. The van der Waals surface area contributed by atoms with Crippen LogP contribution in [0.3, 0.4) is 0 Å². The van der Waals surface area contributed by atoms with Crippen molar-refractivity contribution in [1.82, 2.24) is 5.43 Å². The molecule has 0 saturated carbocycles. The minimum absolute atomic E-state index is 0.135. The summed E-state index contributed by atoms with van der Waals surface area (Å²) < 4.78 is 30.5. The number of nitrogens with zero attached hydrogens (tertiary/aromatic N) is 1. The number of thiophene rings is 1. The summed E-state index contributed by atoms with van der Waals surface area (Å²) in [5.74, 6) is -2.45. The van der Waals surface area contributed by atoms with Crippen LogP contribution in [0.1, 0.15) is 38.3 Å². The first-order valence-corrected chi connectivity index (χ1v) is 13.5. The van der Waals surface area contributed by atoms with Crippen LogP contribution in [0, 0.1) is 5.82 Å². The number of halogens is 3. The number of ether oxygens (including phenoxy) is 3. The molecule has 1 aliphatic carbocycles. The fourth-order valence-electron chi connectivity index (χ4n) is 3.96. The molecule has 1 aliphatic rings. The molecule has 0 fully saturated rings. The maximum atomic E-state index is 14.1. The van der Waals surface area contributed by atoms with Gasteiger partial charge in [0.05, 0.1) is 35.5 Å². The van der Waals surface area contributed by atoms with Gasteiger partial charge in [-0.15, -0.1) is 11.3 Å². The van der Waals surface area contributed by atoms with E-state index in [1.54, 1.807) is 18.2 Å². The number of methoxy groups -OCH3 is 2. The van der Waals surface area contributed by atoms with Crippen LogP contribution in [0.4, 0.5) is 9.39 Å². The van der Waals surface area contributed by atoms with Crippen LogP contribution in [-0.2, 0) is 33.8 Å². The van der Waals surface area contributed by atoms with Crippen LogP contribution in [0.2, 0.25) is 5.02 Å². The molecule has 0 bridgehead atoms. The SMILES string of the molecule is COC(=O)c1c(NC(=O)C(=O)N/N=C/c2cc(Br)c(OCc3c(F)cccc3Cl)c(OC)c2)sc2c1CCC2. The van der Waals surface area contributed by atoms with Gasteiger partial charge in [0.25, 0.3) is 0 Å². The fourth-order valence-corrected chi connectivity index (χ4v) is 6.02. The highest BCUT2D eigenvalue weighted by Gasteiger charge is 2.29. The van der Waals surface area contributed by atoms with E-state index in [9.17, 15) is 18.8 Å². The van der Waals surface area contributed by atoms with E-state index in [4.69, 9.17) is 25.8 Å². The van der Waals surface area contributed by atoms with Gasteiger partial charge in [0.1, 0.15) is 17.4 Å². The van der Waals surface area contributed by atoms with E-state index >= 15 is 0 Å². The summed E-state index contributed by atoms with van der Waals surface area (Å²) in [5, 5.41) is 6.83. The Bertz CT molecular complexity index is 1460. The Hall–Kier alpha value is -3.48. The fraction of sp³-hybridized carbons (Fsp3) is 0.231. The highest BCUT2D eigenvalue weighted by Crippen LogP contribution is 2.40. The Morgan fingerprint density at radius 1 is 1.21 bits per heavy atom. The normalized spacial score (nSPS) is 12.2. The molecule has 1 heterocycles. The first kappa shape index (κ1) is 28.5. The average molecular weight is 639 g/mol. The second kappa shape index (κ2) is 12.6. The molecular weight excluding hydrogens is 617 g/mol. The number of anilines is 1. The van der Waals surface area contributed by atoms with Crippen molar-refractivity contribution in [3.05, 3.63) is 72.8 Å². The number of hydrogen-bond acceptors (Lipinski definition) is 8. The smallest absolute Gasteiger partial charge is 0.341 e. The molecule has 0 aliphatic heterocycles. The molecule has 204 valence electrons. The number of nitrogens with one attached hydrogen (secondary N) is 2. The van der Waals surface area contributed by atoms with Crippen LogP contribution in [-0.4, -0.2) is 38.2 Å². The lowest BCUT2D eigenvalue weighted by Gasteiger charge is -2.14. The minimum atomic E-state index is -1.02. The number of carbonyl (C=O) groups excluding carboxylic acids is 3. The molecule has 0 atom stereocenters. The molecule has 13 heteroatoms. The minimum Gasteiger partial charge on any atom is -0.493 e. The summed E-state index contributed by atoms with van der Waals surface area (Å²) in [7, 11) is 2.69. The van der Waals surface area contributed by atoms with Gasteiger partial charge in [-0.25, -0.2) is 14.6 Å². The molecule has 2 amide bonds. The predicted octanol–water partition coefficient (Wildman–Crippen LogP) is 5.25. The van der Waals surface area contributed by atoms with Crippen LogP contribution in [0.25, 0.3) is 0 Å². The maximum Gasteiger partial charge on any atom is 0.341 e. The van der Waals surface area contributed by atoms with Crippen molar-refractivity contribution in [3.8, 4) is 11.5 Å². The third-order valence-corrected chi connectivity index (χ3v) is 7.95. The van der Waals surface area contributed by atoms with Gasteiger partial charge in [0.15, 0.2) is 11.5 Å². The number of fused-ring (bicyclic) bond motifs is 1. The maximum absolute atomic E-state index is 14.1. The molecular formula is C26H22BrClFN3O6S. The summed E-state index contributed by atoms with van der Waals surface area (Å²) in [4.78, 5) is 38.0. The Labute approximate surface area is 240 Å². The largest absolute Gasteiger partial charge is 0.493 e. The number of benzene rings is 2. The molecule has 39 heavy (non-hydrogen) atoms. The quantitative estimate of drug-likeness (QED) is 0.151. The monoisotopic (exact) mass is 637 g/mol. The van der Waals surface area contributed by atoms with Crippen molar-refractivity contribution in [3.63, 3.8) is 0 Å². The van der Waals surface area contributed by atoms with E-state index in [0.717, 1.165) is 23.3 Å². The number of hydrogen-bond donors (Lipinski definition) is 2. The lowest BCUT2D eigenvalue weighted by molar-refractivity contribution is -0.136. The number of amides is 2. The first-order valence-electron chi connectivity index (χ1n) is 11.5. The number of aryl methyl sites for hydroxylation is 1. The second-order valence-corrected chi connectivity index (χ2v) is 10.6. The lowest BCUT2D eigenvalue weighted by Crippen LogP contribution is -2.32. The number of rotatable bonds is 8. The van der Waals surface area contributed by atoms with E-state index in [2.05, 4.69) is 31.8 Å². The van der Waals surface area contributed by atoms with Crippen molar-refractivity contribution in [1.29, 1.82) is 0 Å². The standard InChI is InChI=1S/C26H22BrClFN3O6S/c1-36-19-10-13(9-16(27)22(19)38-12-15-17(28)6-4-7-18(15)29)11-30-32-24(34)23(33)31-25-21(26(35)37-2)14-5-3-8-20(14)39-25/h4,6-7,9-11H,3,5,8,12H2,1-2H3,(H,31,33)(H,32,34)/b30-11+. The molecule has 0 spiro atoms. The topological polar surface area (TPSA) is 115 Å². The van der Waals surface area contributed by atoms with Gasteiger partial charge < -0.3 is 19.5 Å². The summed E-state index contributed by atoms with van der Waals surface area (Å²) in [5.41, 5.74) is 3.99. The highest BCUT2D eigenvalue weighted by atomic mass is 79.9. The second-order valence-electron chi connectivity index (χ2n) is 8.23. The van der Waals surface area contributed by atoms with Gasteiger partial charge in [-0.05, 0) is 70.6 Å². The molecule has 0 saturated heterocycles. The molecule has 3 aromatic rings. The van der Waals surface area contributed by atoms with Crippen LogP contribution < -0.4 is 20.2 Å². The van der Waals surface area contributed by atoms with E-state index in [1.165, 1.54) is 43.9 Å². The van der Waals surface area contributed by atoms with Gasteiger partial charge >= 0.3 is 17.8 Å². The van der Waals surface area contributed by atoms with Crippen molar-refractivity contribution in [2.75, 3.05) is 19.5 Å². The summed E-state index contributed by atoms with van der Waals surface area (Å²) >= 11 is 10.7. The van der Waals surface area contributed by atoms with Crippen molar-refractivity contribution >= 4 is 67.9 Å². The Morgan fingerprint density at radius 2 is 2.00 bits per heavy atom. The highest BCUT2D eigenvalue weighted by molar-refractivity contribution is 9.10. The average Bonchev–Trinajstić information content (AvgIpc) is 3.49. The third-order valence-electron chi connectivity index (χ3n) is 5.80. The van der Waals surface area contributed by atoms with Gasteiger partial charge in [-0.1, -0.05) is 17.7 Å². The Balaban J connectivity index is 1.41. The van der Waals surface area contributed by atoms with E-state index in [1.807, 2.05) is 0 Å². The van der Waals surface area contributed by atoms with Gasteiger partial charge in [-0.3, -0.25) is 9.59 Å². The zero-order valence-electron chi connectivity index (χ0n) is 20.7. The molecule has 2 aromatic carbocycles. The molecule has 0 unspecified atom stereocenters. The zero-order chi connectivity index (χ0) is 28.1. The van der Waals surface area contributed by atoms with Crippen molar-refractivity contribution < 1.29 is 33.0 Å². The summed E-state index contributed by atoms with van der Waals surface area (Å²) in [6, 6.07) is 7.56. The van der Waals surface area contributed by atoms with Crippen molar-refractivity contribution in [2.45, 2.75) is 25.9 Å². The number of carbonyl (C=O) groups is 3. The summed E-state index contributed by atoms with van der Waals surface area (Å²) in [6.45, 7) is -0.135. The summed E-state index contributed by atoms with van der Waals surface area (Å²) in [6.07, 6.45) is 3.73. The molecule has 4 rings (SSSR count). The van der Waals surface area contributed by atoms with E-state index in [-0.39, 0.29) is 27.8 Å². The Morgan fingerprint density at radius 3 is 2.72 bits per heavy atom. The molecule has 2 N–H and O–H groups in total. The van der Waals surface area contributed by atoms with E-state index < -0.39 is 23.6 Å². The third kappa shape index (κ3) is 6.40.